The van der Waals surface area contributed by atoms with E-state index in [0.29, 0.717) is 13.2 Å². The number of amides is 1. The number of hydrogen-bond donors (Lipinski definition) is 0. The van der Waals surface area contributed by atoms with Crippen LogP contribution in [0.3, 0.4) is 0 Å². The van der Waals surface area contributed by atoms with Gasteiger partial charge in [0.05, 0.1) is 0 Å². The molecule has 0 aliphatic carbocycles. The van der Waals surface area contributed by atoms with Crippen LogP contribution < -0.4 is 0 Å². The molecule has 0 saturated carbocycles. The van der Waals surface area contributed by atoms with E-state index in [-0.39, 0.29) is 12.0 Å². The highest BCUT2D eigenvalue weighted by Gasteiger charge is 2.18. The van der Waals surface area contributed by atoms with Gasteiger partial charge in [-0.15, -0.1) is 0 Å². The Morgan fingerprint density at radius 1 is 1.37 bits per heavy atom. The van der Waals surface area contributed by atoms with Crippen molar-refractivity contribution in [2.75, 3.05) is 13.7 Å². The van der Waals surface area contributed by atoms with Crippen LogP contribution >= 0.6 is 0 Å². The van der Waals surface area contributed by atoms with Gasteiger partial charge in [0.2, 0.25) is 0 Å². The number of unbranched alkanes of at least 4 members (excludes halogenated alkanes) is 1. The lowest BCUT2D eigenvalue weighted by atomic mass is 10.1. The first-order valence-corrected chi connectivity index (χ1v) is 6.97. The summed E-state index contributed by atoms with van der Waals surface area (Å²) in [6.07, 6.45) is 1.72. The minimum atomic E-state index is -0.361. The van der Waals surface area contributed by atoms with Gasteiger partial charge in [0.15, 0.2) is 0 Å². The zero-order chi connectivity index (χ0) is 14.3. The van der Waals surface area contributed by atoms with Crippen molar-refractivity contribution in [3.63, 3.8) is 0 Å². The first kappa shape index (κ1) is 15.7. The second kappa shape index (κ2) is 7.95. The minimum absolute atomic E-state index is 0.0411. The first-order chi connectivity index (χ1) is 9.06. The van der Waals surface area contributed by atoms with E-state index in [1.165, 1.54) is 11.1 Å². The van der Waals surface area contributed by atoms with Crippen LogP contribution in [0.15, 0.2) is 24.3 Å². The molecule has 0 aliphatic heterocycles. The van der Waals surface area contributed by atoms with Crippen LogP contribution in [0.25, 0.3) is 0 Å². The summed E-state index contributed by atoms with van der Waals surface area (Å²) in [6, 6.07) is 8.13. The zero-order valence-electron chi connectivity index (χ0n) is 12.5. The molecule has 1 aromatic rings. The Bertz CT molecular complexity index is 403. The summed E-state index contributed by atoms with van der Waals surface area (Å²) in [5.74, 6) is 0.0411. The predicted molar refractivity (Wildman–Crippen MR) is 78.0 cm³/mol. The number of carbonyl (C=O) groups excluding carboxylic acids is 1. The van der Waals surface area contributed by atoms with E-state index >= 15 is 0 Å². The number of likely N-dealkylation sites (N-methyl/N-ethyl adjacent to an activating group) is 1. The summed E-state index contributed by atoms with van der Waals surface area (Å²) in [7, 11) is 1.83. The molecule has 0 saturated heterocycles. The molecule has 1 rings (SSSR count). The number of hydrogen-bond acceptors (Lipinski definition) is 2. The van der Waals surface area contributed by atoms with Gasteiger partial charge in [-0.1, -0.05) is 37.6 Å². The van der Waals surface area contributed by atoms with Gasteiger partial charge in [0.1, 0.15) is 6.10 Å². The molecule has 0 spiro atoms. The van der Waals surface area contributed by atoms with E-state index in [4.69, 9.17) is 4.74 Å². The quantitative estimate of drug-likeness (QED) is 0.707. The van der Waals surface area contributed by atoms with Crippen molar-refractivity contribution in [3.05, 3.63) is 35.4 Å². The summed E-state index contributed by atoms with van der Waals surface area (Å²) in [6.45, 7) is 7.29. The molecule has 0 fully saturated rings. The minimum Gasteiger partial charge on any atom is -0.369 e. The number of aryl methyl sites for hydroxylation is 1. The van der Waals surface area contributed by atoms with Gasteiger partial charge >= 0.3 is 0 Å². The number of carbonyl (C=O) groups is 1. The first-order valence-electron chi connectivity index (χ1n) is 6.97. The highest BCUT2D eigenvalue weighted by molar-refractivity contribution is 5.80. The van der Waals surface area contributed by atoms with Gasteiger partial charge in [-0.05, 0) is 31.4 Å². The Balaban J connectivity index is 2.50. The maximum atomic E-state index is 12.2. The molecule has 19 heavy (non-hydrogen) atoms. The molecular weight excluding hydrogens is 238 g/mol. The SMILES string of the molecule is CCCCOC(C)C(=O)N(C)Cc1ccccc1C. The fraction of sp³-hybridized carbons (Fsp3) is 0.562. The Kier molecular flexibility index (Phi) is 6.57. The third-order valence-corrected chi connectivity index (χ3v) is 3.26. The summed E-state index contributed by atoms with van der Waals surface area (Å²) in [5.41, 5.74) is 2.39. The largest absolute Gasteiger partial charge is 0.369 e. The number of nitrogens with zero attached hydrogens (tertiary/aromatic N) is 1. The lowest BCUT2D eigenvalue weighted by molar-refractivity contribution is -0.141. The van der Waals surface area contributed by atoms with Crippen molar-refractivity contribution in [1.29, 1.82) is 0 Å². The maximum Gasteiger partial charge on any atom is 0.251 e. The molecule has 0 heterocycles. The van der Waals surface area contributed by atoms with E-state index in [9.17, 15) is 4.79 Å². The molecule has 1 amide bonds. The number of rotatable bonds is 7. The molecule has 106 valence electrons. The van der Waals surface area contributed by atoms with Gasteiger partial charge in [-0.25, -0.2) is 0 Å². The smallest absolute Gasteiger partial charge is 0.251 e. The van der Waals surface area contributed by atoms with Crippen molar-refractivity contribution in [2.24, 2.45) is 0 Å². The molecule has 3 heteroatoms. The van der Waals surface area contributed by atoms with Crippen LogP contribution in [0.2, 0.25) is 0 Å². The molecule has 1 unspecified atom stereocenters. The predicted octanol–water partition coefficient (Wildman–Crippen LogP) is 3.16. The highest BCUT2D eigenvalue weighted by Crippen LogP contribution is 2.11. The number of ether oxygens (including phenoxy) is 1. The van der Waals surface area contributed by atoms with E-state index in [1.54, 1.807) is 4.90 Å². The highest BCUT2D eigenvalue weighted by atomic mass is 16.5. The summed E-state index contributed by atoms with van der Waals surface area (Å²) >= 11 is 0. The van der Waals surface area contributed by atoms with Gasteiger partial charge in [0, 0.05) is 20.2 Å². The summed E-state index contributed by atoms with van der Waals surface area (Å²) in [4.78, 5) is 13.9. The van der Waals surface area contributed by atoms with E-state index in [1.807, 2.05) is 26.1 Å². The lowest BCUT2D eigenvalue weighted by Gasteiger charge is -2.22. The normalized spacial score (nSPS) is 12.2. The van der Waals surface area contributed by atoms with E-state index < -0.39 is 0 Å². The average molecular weight is 263 g/mol. The topological polar surface area (TPSA) is 29.5 Å². The second-order valence-electron chi connectivity index (χ2n) is 4.99. The summed E-state index contributed by atoms with van der Waals surface area (Å²) in [5, 5.41) is 0. The summed E-state index contributed by atoms with van der Waals surface area (Å²) < 4.78 is 5.54. The van der Waals surface area contributed by atoms with Crippen LogP contribution in [-0.4, -0.2) is 30.6 Å². The molecule has 0 aromatic heterocycles. The van der Waals surface area contributed by atoms with Crippen LogP contribution in [0.4, 0.5) is 0 Å². The van der Waals surface area contributed by atoms with Crippen LogP contribution in [0.5, 0.6) is 0 Å². The third kappa shape index (κ3) is 5.03. The monoisotopic (exact) mass is 263 g/mol. The van der Waals surface area contributed by atoms with Crippen LogP contribution in [0, 0.1) is 6.92 Å². The fourth-order valence-electron chi connectivity index (χ4n) is 1.91. The lowest BCUT2D eigenvalue weighted by Crippen LogP contribution is -2.36. The second-order valence-corrected chi connectivity index (χ2v) is 4.99. The van der Waals surface area contributed by atoms with Gasteiger partial charge in [0.25, 0.3) is 5.91 Å². The van der Waals surface area contributed by atoms with Crippen molar-refractivity contribution < 1.29 is 9.53 Å². The van der Waals surface area contributed by atoms with Crippen molar-refractivity contribution in [2.45, 2.75) is 46.3 Å². The van der Waals surface area contributed by atoms with Gasteiger partial charge in [-0.2, -0.15) is 0 Å². The molecule has 0 radical (unpaired) electrons. The molecule has 1 aromatic carbocycles. The van der Waals surface area contributed by atoms with Gasteiger partial charge in [-0.3, -0.25) is 4.79 Å². The van der Waals surface area contributed by atoms with Crippen LogP contribution in [0.1, 0.15) is 37.8 Å². The molecule has 0 N–H and O–H groups in total. The average Bonchev–Trinajstić information content (AvgIpc) is 2.40. The van der Waals surface area contributed by atoms with Crippen molar-refractivity contribution in [3.8, 4) is 0 Å². The third-order valence-electron chi connectivity index (χ3n) is 3.26. The molecule has 1 atom stereocenters. The molecule has 3 nitrogen and oxygen atoms in total. The van der Waals surface area contributed by atoms with E-state index in [2.05, 4.69) is 26.0 Å². The molecule has 0 aliphatic rings. The van der Waals surface area contributed by atoms with E-state index in [0.717, 1.165) is 12.8 Å². The van der Waals surface area contributed by atoms with Crippen molar-refractivity contribution >= 4 is 5.91 Å². The number of benzene rings is 1. The standard InChI is InChI=1S/C16H25NO2/c1-5-6-11-19-14(3)16(18)17(4)12-15-10-8-7-9-13(15)2/h7-10,14H,5-6,11-12H2,1-4H3. The van der Waals surface area contributed by atoms with Gasteiger partial charge < -0.3 is 9.64 Å². The Hall–Kier alpha value is -1.35. The molecule has 0 bridgehead atoms. The van der Waals surface area contributed by atoms with Crippen molar-refractivity contribution in [1.82, 2.24) is 4.90 Å². The maximum absolute atomic E-state index is 12.2. The Morgan fingerprint density at radius 3 is 2.68 bits per heavy atom. The molecular formula is C16H25NO2. The Labute approximate surface area is 116 Å². The zero-order valence-corrected chi connectivity index (χ0v) is 12.5. The fourth-order valence-corrected chi connectivity index (χ4v) is 1.91. The Morgan fingerprint density at radius 2 is 2.05 bits per heavy atom. The van der Waals surface area contributed by atoms with Crippen LogP contribution in [-0.2, 0) is 16.1 Å².